The van der Waals surface area contributed by atoms with Crippen LogP contribution in [0.25, 0.3) is 0 Å². The minimum atomic E-state index is 0.448. The van der Waals surface area contributed by atoms with Crippen molar-refractivity contribution in [3.05, 3.63) is 52.7 Å². The molecule has 0 radical (unpaired) electrons. The summed E-state index contributed by atoms with van der Waals surface area (Å²) in [7, 11) is 0. The maximum Gasteiger partial charge on any atom is 0.169 e. The number of benzene rings is 1. The molecule has 2 heterocycles. The molecule has 5 nitrogen and oxygen atoms in total. The molecule has 1 aliphatic heterocycles. The quantitative estimate of drug-likeness (QED) is 0.859. The van der Waals surface area contributed by atoms with E-state index >= 15 is 0 Å². The van der Waals surface area contributed by atoms with Gasteiger partial charge in [0, 0.05) is 32.2 Å². The number of rotatable bonds is 4. The molecule has 3 rings (SSSR count). The second-order valence-corrected chi connectivity index (χ2v) is 6.68. The Kier molecular flexibility index (Phi) is 5.30. The second-order valence-electron chi connectivity index (χ2n) is 6.68. The molecule has 0 aliphatic carbocycles. The molecule has 1 aliphatic rings. The Bertz CT molecular complexity index is 766. The van der Waals surface area contributed by atoms with E-state index < -0.39 is 0 Å². The number of anilines is 1. The molecule has 1 atom stereocenters. The third-order valence-electron chi connectivity index (χ3n) is 5.15. The second kappa shape index (κ2) is 7.62. The van der Waals surface area contributed by atoms with Crippen molar-refractivity contribution >= 4 is 5.82 Å². The van der Waals surface area contributed by atoms with Crippen LogP contribution in [0.15, 0.2) is 30.3 Å². The monoisotopic (exact) mass is 335 g/mol. The average Bonchev–Trinajstić information content (AvgIpc) is 2.65. The third-order valence-corrected chi connectivity index (χ3v) is 5.15. The Morgan fingerprint density at radius 2 is 1.92 bits per heavy atom. The van der Waals surface area contributed by atoms with Gasteiger partial charge in [0.1, 0.15) is 11.6 Å². The molecule has 2 aromatic rings. The van der Waals surface area contributed by atoms with Gasteiger partial charge in [-0.1, -0.05) is 37.3 Å². The van der Waals surface area contributed by atoms with Gasteiger partial charge in [-0.15, -0.1) is 5.10 Å². The van der Waals surface area contributed by atoms with Gasteiger partial charge in [0.05, 0.1) is 5.69 Å². The van der Waals surface area contributed by atoms with Gasteiger partial charge in [-0.2, -0.15) is 10.4 Å². The zero-order chi connectivity index (χ0) is 17.8. The van der Waals surface area contributed by atoms with Crippen molar-refractivity contribution in [2.24, 2.45) is 0 Å². The van der Waals surface area contributed by atoms with Gasteiger partial charge in [-0.05, 0) is 31.4 Å². The van der Waals surface area contributed by atoms with Crippen LogP contribution in [0.5, 0.6) is 0 Å². The van der Waals surface area contributed by atoms with Crippen LogP contribution in [0.4, 0.5) is 5.82 Å². The maximum absolute atomic E-state index is 9.57. The predicted octanol–water partition coefficient (Wildman–Crippen LogP) is 3.07. The number of aryl methyl sites for hydroxylation is 1. The van der Waals surface area contributed by atoms with Gasteiger partial charge < -0.3 is 4.90 Å². The SMILES string of the molecule is CCC1CN(c2nnc(C)c(C)c2C#N)CCN1Cc1ccccc1. The van der Waals surface area contributed by atoms with Gasteiger partial charge >= 0.3 is 0 Å². The first-order chi connectivity index (χ1) is 12.1. The Labute approximate surface area is 149 Å². The van der Waals surface area contributed by atoms with E-state index in [0.29, 0.717) is 11.6 Å². The van der Waals surface area contributed by atoms with E-state index in [1.807, 2.05) is 13.8 Å². The van der Waals surface area contributed by atoms with Gasteiger partial charge in [-0.3, -0.25) is 4.90 Å². The van der Waals surface area contributed by atoms with Gasteiger partial charge in [0.2, 0.25) is 0 Å². The molecular weight excluding hydrogens is 310 g/mol. The number of aromatic nitrogens is 2. The lowest BCUT2D eigenvalue weighted by atomic mass is 10.1. The summed E-state index contributed by atoms with van der Waals surface area (Å²) in [6.07, 6.45) is 1.07. The first-order valence-corrected chi connectivity index (χ1v) is 8.91. The van der Waals surface area contributed by atoms with E-state index in [0.717, 1.165) is 49.7 Å². The lowest BCUT2D eigenvalue weighted by Crippen LogP contribution is -2.53. The van der Waals surface area contributed by atoms with Crippen LogP contribution in [0.3, 0.4) is 0 Å². The van der Waals surface area contributed by atoms with Crippen LogP contribution in [0.2, 0.25) is 0 Å². The van der Waals surface area contributed by atoms with Crippen LogP contribution in [0, 0.1) is 25.2 Å². The molecule has 0 spiro atoms. The summed E-state index contributed by atoms with van der Waals surface area (Å²) >= 11 is 0. The molecule has 130 valence electrons. The van der Waals surface area contributed by atoms with Crippen molar-refractivity contribution in [1.29, 1.82) is 5.26 Å². The minimum absolute atomic E-state index is 0.448. The number of nitriles is 1. The number of hydrogen-bond acceptors (Lipinski definition) is 5. The van der Waals surface area contributed by atoms with Gasteiger partial charge in [-0.25, -0.2) is 0 Å². The van der Waals surface area contributed by atoms with Gasteiger partial charge in [0.15, 0.2) is 5.82 Å². The summed E-state index contributed by atoms with van der Waals surface area (Å²) in [4.78, 5) is 4.76. The highest BCUT2D eigenvalue weighted by Crippen LogP contribution is 2.25. The highest BCUT2D eigenvalue weighted by atomic mass is 15.3. The number of piperazine rings is 1. The van der Waals surface area contributed by atoms with Gasteiger partial charge in [0.25, 0.3) is 0 Å². The van der Waals surface area contributed by atoms with Crippen molar-refractivity contribution in [3.63, 3.8) is 0 Å². The molecule has 0 bridgehead atoms. The summed E-state index contributed by atoms with van der Waals surface area (Å²) in [6.45, 7) is 9.77. The summed E-state index contributed by atoms with van der Waals surface area (Å²) in [6, 6.07) is 13.4. The van der Waals surface area contributed by atoms with E-state index in [9.17, 15) is 5.26 Å². The van der Waals surface area contributed by atoms with Crippen molar-refractivity contribution in [2.75, 3.05) is 24.5 Å². The first-order valence-electron chi connectivity index (χ1n) is 8.91. The Hall–Kier alpha value is -2.45. The minimum Gasteiger partial charge on any atom is -0.351 e. The normalized spacial score (nSPS) is 18.2. The molecule has 5 heteroatoms. The molecule has 1 aromatic carbocycles. The van der Waals surface area contributed by atoms with Crippen LogP contribution < -0.4 is 4.90 Å². The van der Waals surface area contributed by atoms with Crippen molar-refractivity contribution in [1.82, 2.24) is 15.1 Å². The first kappa shape index (κ1) is 17.4. The van der Waals surface area contributed by atoms with E-state index in [4.69, 9.17) is 0 Å². The van der Waals surface area contributed by atoms with Crippen molar-refractivity contribution in [3.8, 4) is 6.07 Å². The fraction of sp³-hybridized carbons (Fsp3) is 0.450. The predicted molar refractivity (Wildman–Crippen MR) is 99.4 cm³/mol. The highest BCUT2D eigenvalue weighted by Gasteiger charge is 2.28. The molecule has 0 N–H and O–H groups in total. The fourth-order valence-corrected chi connectivity index (χ4v) is 3.45. The molecule has 25 heavy (non-hydrogen) atoms. The smallest absolute Gasteiger partial charge is 0.169 e. The molecule has 1 aromatic heterocycles. The zero-order valence-corrected chi connectivity index (χ0v) is 15.2. The Morgan fingerprint density at radius 3 is 2.60 bits per heavy atom. The molecule has 1 unspecified atom stereocenters. The average molecular weight is 335 g/mol. The highest BCUT2D eigenvalue weighted by molar-refractivity contribution is 5.57. The van der Waals surface area contributed by atoms with Crippen molar-refractivity contribution in [2.45, 2.75) is 39.8 Å². The van der Waals surface area contributed by atoms with E-state index in [-0.39, 0.29) is 0 Å². The molecule has 1 fully saturated rings. The number of nitrogens with zero attached hydrogens (tertiary/aromatic N) is 5. The summed E-state index contributed by atoms with van der Waals surface area (Å²) in [5.41, 5.74) is 3.78. The molecule has 1 saturated heterocycles. The summed E-state index contributed by atoms with van der Waals surface area (Å²) in [5, 5.41) is 18.2. The third kappa shape index (κ3) is 3.64. The molecule has 0 amide bonds. The van der Waals surface area contributed by atoms with Crippen LogP contribution >= 0.6 is 0 Å². The standard InChI is InChI=1S/C20H25N5/c1-4-18-14-25(20-19(12-21)15(2)16(3)22-23-20)11-10-24(18)13-17-8-6-5-7-9-17/h5-9,18H,4,10-11,13-14H2,1-3H3. The maximum atomic E-state index is 9.57. The van der Waals surface area contributed by atoms with E-state index in [2.05, 4.69) is 63.3 Å². The molecule has 0 saturated carbocycles. The topological polar surface area (TPSA) is 56.1 Å². The fourth-order valence-electron chi connectivity index (χ4n) is 3.45. The Morgan fingerprint density at radius 1 is 1.16 bits per heavy atom. The lowest BCUT2D eigenvalue weighted by Gasteiger charge is -2.42. The van der Waals surface area contributed by atoms with E-state index in [1.54, 1.807) is 0 Å². The summed E-state index contributed by atoms with van der Waals surface area (Å²) < 4.78 is 0. The van der Waals surface area contributed by atoms with E-state index in [1.165, 1.54) is 5.56 Å². The number of hydrogen-bond donors (Lipinski definition) is 0. The van der Waals surface area contributed by atoms with Crippen molar-refractivity contribution < 1.29 is 0 Å². The largest absolute Gasteiger partial charge is 0.351 e. The molecular formula is C20H25N5. The zero-order valence-electron chi connectivity index (χ0n) is 15.2. The van der Waals surface area contributed by atoms with Crippen LogP contribution in [-0.2, 0) is 6.54 Å². The van der Waals surface area contributed by atoms with Crippen LogP contribution in [-0.4, -0.2) is 40.8 Å². The summed E-state index contributed by atoms with van der Waals surface area (Å²) in [5.74, 6) is 0.739. The van der Waals surface area contributed by atoms with Crippen LogP contribution in [0.1, 0.15) is 35.7 Å². The lowest BCUT2D eigenvalue weighted by molar-refractivity contribution is 0.163. The Balaban J connectivity index is 1.78.